The predicted molar refractivity (Wildman–Crippen MR) is 81.3 cm³/mol. The minimum absolute atomic E-state index is 0.170. The predicted octanol–water partition coefficient (Wildman–Crippen LogP) is -0.216. The van der Waals surface area contributed by atoms with Crippen molar-refractivity contribution in [3.8, 4) is 11.8 Å². The fraction of sp³-hybridized carbons (Fsp3) is 0.375. The molecule has 1 aliphatic rings. The third kappa shape index (κ3) is 3.37. The molecule has 1 aromatic heterocycles. The van der Waals surface area contributed by atoms with Gasteiger partial charge in [-0.15, -0.1) is 0 Å². The SMILES string of the molecule is OCC1OC(c2cccc(Oc3ncccn3)c2)C(O)C(O)C1O. The number of rotatable bonds is 4. The minimum atomic E-state index is -1.43. The van der Waals surface area contributed by atoms with Crippen LogP contribution in [0.2, 0.25) is 0 Å². The molecule has 0 spiro atoms. The van der Waals surface area contributed by atoms with E-state index in [2.05, 4.69) is 9.97 Å². The summed E-state index contributed by atoms with van der Waals surface area (Å²) in [4.78, 5) is 7.92. The summed E-state index contributed by atoms with van der Waals surface area (Å²) in [5.74, 6) is 0.427. The van der Waals surface area contributed by atoms with Gasteiger partial charge in [0.15, 0.2) is 0 Å². The van der Waals surface area contributed by atoms with Gasteiger partial charge in [0.05, 0.1) is 6.61 Å². The fourth-order valence-electron chi connectivity index (χ4n) is 2.58. The minimum Gasteiger partial charge on any atom is -0.424 e. The van der Waals surface area contributed by atoms with Crippen molar-refractivity contribution in [2.45, 2.75) is 30.5 Å². The maximum atomic E-state index is 10.2. The van der Waals surface area contributed by atoms with Gasteiger partial charge in [0, 0.05) is 12.4 Å². The molecule has 1 fully saturated rings. The van der Waals surface area contributed by atoms with Crippen LogP contribution in [0.15, 0.2) is 42.7 Å². The number of benzene rings is 1. The van der Waals surface area contributed by atoms with Crippen molar-refractivity contribution >= 4 is 0 Å². The molecule has 0 saturated carbocycles. The standard InChI is InChI=1S/C16H18N2O6/c19-8-11-12(20)13(21)14(22)15(24-11)9-3-1-4-10(7-9)23-16-17-5-2-6-18-16/h1-7,11-15,19-22H,8H2. The number of hydrogen-bond acceptors (Lipinski definition) is 8. The third-order valence-electron chi connectivity index (χ3n) is 3.83. The molecular weight excluding hydrogens is 316 g/mol. The topological polar surface area (TPSA) is 125 Å². The molecule has 0 aliphatic carbocycles. The van der Waals surface area contributed by atoms with Gasteiger partial charge in [0.2, 0.25) is 0 Å². The zero-order chi connectivity index (χ0) is 17.1. The highest BCUT2D eigenvalue weighted by atomic mass is 16.5. The van der Waals surface area contributed by atoms with Gasteiger partial charge >= 0.3 is 6.01 Å². The van der Waals surface area contributed by atoms with Gasteiger partial charge in [0.1, 0.15) is 36.3 Å². The summed E-state index contributed by atoms with van der Waals surface area (Å²) in [6.45, 7) is -0.477. The van der Waals surface area contributed by atoms with E-state index in [0.717, 1.165) is 0 Å². The van der Waals surface area contributed by atoms with Crippen LogP contribution < -0.4 is 4.74 Å². The Kier molecular flexibility index (Phi) is 5.03. The molecule has 128 valence electrons. The molecule has 3 rings (SSSR count). The van der Waals surface area contributed by atoms with Crippen LogP contribution in [0, 0.1) is 0 Å². The number of hydrogen-bond donors (Lipinski definition) is 4. The molecule has 5 unspecified atom stereocenters. The smallest absolute Gasteiger partial charge is 0.321 e. The summed E-state index contributed by atoms with van der Waals surface area (Å²) in [7, 11) is 0. The Morgan fingerprint density at radius 3 is 2.46 bits per heavy atom. The maximum absolute atomic E-state index is 10.2. The first kappa shape index (κ1) is 16.7. The molecule has 1 saturated heterocycles. The summed E-state index contributed by atoms with van der Waals surface area (Å²) in [6.07, 6.45) is -2.95. The van der Waals surface area contributed by atoms with Crippen LogP contribution in [0.4, 0.5) is 0 Å². The molecule has 1 aromatic carbocycles. The van der Waals surface area contributed by atoms with Crippen molar-refractivity contribution in [2.24, 2.45) is 0 Å². The first-order valence-corrected chi connectivity index (χ1v) is 7.45. The lowest BCUT2D eigenvalue weighted by Crippen LogP contribution is -2.55. The molecule has 2 aromatic rings. The number of aliphatic hydroxyl groups is 4. The largest absolute Gasteiger partial charge is 0.424 e. The van der Waals surface area contributed by atoms with Crippen LogP contribution in [-0.4, -0.2) is 61.4 Å². The van der Waals surface area contributed by atoms with Crippen molar-refractivity contribution in [2.75, 3.05) is 6.61 Å². The maximum Gasteiger partial charge on any atom is 0.321 e. The van der Waals surface area contributed by atoms with Crippen LogP contribution in [0.25, 0.3) is 0 Å². The molecule has 4 N–H and O–H groups in total. The average Bonchev–Trinajstić information content (AvgIpc) is 2.61. The summed E-state index contributed by atoms with van der Waals surface area (Å²) in [5.41, 5.74) is 0.528. The Balaban J connectivity index is 1.82. The second-order valence-electron chi connectivity index (χ2n) is 5.46. The Hall–Kier alpha value is -2.10. The molecule has 0 bridgehead atoms. The Morgan fingerprint density at radius 2 is 1.75 bits per heavy atom. The highest BCUT2D eigenvalue weighted by molar-refractivity contribution is 5.32. The van der Waals surface area contributed by atoms with E-state index in [1.807, 2.05) is 0 Å². The molecule has 8 nitrogen and oxygen atoms in total. The van der Waals surface area contributed by atoms with E-state index in [1.54, 1.807) is 42.7 Å². The van der Waals surface area contributed by atoms with E-state index in [-0.39, 0.29) is 6.01 Å². The molecule has 24 heavy (non-hydrogen) atoms. The molecule has 0 amide bonds. The average molecular weight is 334 g/mol. The van der Waals surface area contributed by atoms with Gasteiger partial charge in [-0.2, -0.15) is 0 Å². The fourth-order valence-corrected chi connectivity index (χ4v) is 2.58. The quantitative estimate of drug-likeness (QED) is 0.605. The molecule has 5 atom stereocenters. The van der Waals surface area contributed by atoms with Crippen molar-refractivity contribution in [3.63, 3.8) is 0 Å². The van der Waals surface area contributed by atoms with E-state index in [4.69, 9.17) is 9.47 Å². The van der Waals surface area contributed by atoms with Crippen LogP contribution in [0.3, 0.4) is 0 Å². The van der Waals surface area contributed by atoms with E-state index in [1.165, 1.54) is 0 Å². The normalized spacial score (nSPS) is 30.1. The van der Waals surface area contributed by atoms with E-state index in [0.29, 0.717) is 11.3 Å². The first-order valence-electron chi connectivity index (χ1n) is 7.45. The summed E-state index contributed by atoms with van der Waals surface area (Å²) in [6, 6.07) is 8.51. The second kappa shape index (κ2) is 7.20. The van der Waals surface area contributed by atoms with Crippen molar-refractivity contribution in [1.82, 2.24) is 9.97 Å². The van der Waals surface area contributed by atoms with E-state index < -0.39 is 37.1 Å². The molecule has 2 heterocycles. The zero-order valence-corrected chi connectivity index (χ0v) is 12.6. The van der Waals surface area contributed by atoms with Crippen LogP contribution in [0.5, 0.6) is 11.8 Å². The van der Waals surface area contributed by atoms with Crippen molar-refractivity contribution in [3.05, 3.63) is 48.3 Å². The van der Waals surface area contributed by atoms with Crippen LogP contribution in [-0.2, 0) is 4.74 Å². The Bertz CT molecular complexity index is 669. The van der Waals surface area contributed by atoms with Gasteiger partial charge in [-0.25, -0.2) is 9.97 Å². The van der Waals surface area contributed by atoms with Crippen LogP contribution in [0.1, 0.15) is 11.7 Å². The Labute approximate surface area is 138 Å². The number of aromatic nitrogens is 2. The first-order chi connectivity index (χ1) is 11.6. The van der Waals surface area contributed by atoms with Gasteiger partial charge in [-0.05, 0) is 23.8 Å². The molecular formula is C16H18N2O6. The van der Waals surface area contributed by atoms with E-state index >= 15 is 0 Å². The summed E-state index contributed by atoms with van der Waals surface area (Å²) in [5, 5.41) is 39.2. The number of nitrogens with zero attached hydrogens (tertiary/aromatic N) is 2. The highest BCUT2D eigenvalue weighted by Gasteiger charge is 2.43. The summed E-state index contributed by atoms with van der Waals surface area (Å²) >= 11 is 0. The van der Waals surface area contributed by atoms with Crippen LogP contribution >= 0.6 is 0 Å². The Morgan fingerprint density at radius 1 is 1.00 bits per heavy atom. The number of ether oxygens (including phenoxy) is 2. The lowest BCUT2D eigenvalue weighted by Gasteiger charge is -2.40. The highest BCUT2D eigenvalue weighted by Crippen LogP contribution is 2.34. The monoisotopic (exact) mass is 334 g/mol. The number of aliphatic hydroxyl groups excluding tert-OH is 4. The van der Waals surface area contributed by atoms with Gasteiger partial charge in [-0.1, -0.05) is 12.1 Å². The van der Waals surface area contributed by atoms with Crippen molar-refractivity contribution in [1.29, 1.82) is 0 Å². The van der Waals surface area contributed by atoms with Gasteiger partial charge in [-0.3, -0.25) is 0 Å². The van der Waals surface area contributed by atoms with Crippen molar-refractivity contribution < 1.29 is 29.9 Å². The zero-order valence-electron chi connectivity index (χ0n) is 12.6. The molecule has 0 radical (unpaired) electrons. The molecule has 8 heteroatoms. The lowest BCUT2D eigenvalue weighted by atomic mass is 9.91. The van der Waals surface area contributed by atoms with Gasteiger partial charge in [0.25, 0.3) is 0 Å². The second-order valence-corrected chi connectivity index (χ2v) is 5.46. The lowest BCUT2D eigenvalue weighted by molar-refractivity contribution is -0.231. The summed E-state index contributed by atoms with van der Waals surface area (Å²) < 4.78 is 11.1. The van der Waals surface area contributed by atoms with E-state index in [9.17, 15) is 20.4 Å². The van der Waals surface area contributed by atoms with Gasteiger partial charge < -0.3 is 29.9 Å². The third-order valence-corrected chi connectivity index (χ3v) is 3.83. The molecule has 1 aliphatic heterocycles.